The molecule has 0 atom stereocenters. The number of para-hydroxylation sites is 3. The molecular weight excluding hydrogens is 342 g/mol. The predicted octanol–water partition coefficient (Wildman–Crippen LogP) is 4.95. The molecule has 0 bridgehead atoms. The summed E-state index contributed by atoms with van der Waals surface area (Å²) in [6.45, 7) is 2.07. The molecule has 27 heavy (non-hydrogen) atoms. The largest absolute Gasteiger partial charge is 0.462 e. The Kier molecular flexibility index (Phi) is 4.34. The van der Waals surface area contributed by atoms with Crippen molar-refractivity contribution in [2.24, 2.45) is 0 Å². The fourth-order valence-corrected chi connectivity index (χ4v) is 3.03. The normalized spacial score (nSPS) is 12.5. The van der Waals surface area contributed by atoms with Gasteiger partial charge in [-0.05, 0) is 55.5 Å². The number of hydrogen-bond donors (Lipinski definition) is 0. The van der Waals surface area contributed by atoms with Gasteiger partial charge in [0.05, 0.1) is 23.4 Å². The van der Waals surface area contributed by atoms with E-state index in [0.717, 1.165) is 0 Å². The molecule has 0 spiro atoms. The number of benzene rings is 3. The molecule has 0 saturated heterocycles. The lowest BCUT2D eigenvalue weighted by molar-refractivity contribution is 0.0526. The first-order valence-electron chi connectivity index (χ1n) is 8.66. The summed E-state index contributed by atoms with van der Waals surface area (Å²) >= 11 is 0. The van der Waals surface area contributed by atoms with E-state index < -0.39 is 0 Å². The standard InChI is InChI=1S/C22H17NO4/c1-2-26-22(25)15-11-13-16(14-12-15)23-18-8-4-6-10-20(18)27-19-9-5-3-7-17(19)21(23)24/h3-14H,2H2,1H3. The average Bonchev–Trinajstić information content (AvgIpc) is 2.82. The first kappa shape index (κ1) is 16.8. The third-order valence-electron chi connectivity index (χ3n) is 4.28. The Labute approximate surface area is 156 Å². The first-order valence-corrected chi connectivity index (χ1v) is 8.66. The van der Waals surface area contributed by atoms with Gasteiger partial charge in [0.2, 0.25) is 0 Å². The van der Waals surface area contributed by atoms with Crippen LogP contribution in [0.15, 0.2) is 72.8 Å². The molecule has 5 nitrogen and oxygen atoms in total. The van der Waals surface area contributed by atoms with Crippen LogP contribution in [0.25, 0.3) is 0 Å². The molecule has 0 fully saturated rings. The van der Waals surface area contributed by atoms with Crippen LogP contribution in [0.3, 0.4) is 0 Å². The summed E-state index contributed by atoms with van der Waals surface area (Å²) in [5.74, 6) is 0.519. The van der Waals surface area contributed by atoms with Crippen LogP contribution in [0.4, 0.5) is 11.4 Å². The van der Waals surface area contributed by atoms with Crippen LogP contribution in [0.2, 0.25) is 0 Å². The van der Waals surface area contributed by atoms with Crippen molar-refractivity contribution in [3.8, 4) is 11.5 Å². The predicted molar refractivity (Wildman–Crippen MR) is 102 cm³/mol. The molecule has 5 heteroatoms. The molecule has 3 aromatic carbocycles. The highest BCUT2D eigenvalue weighted by atomic mass is 16.5. The summed E-state index contributed by atoms with van der Waals surface area (Å²) in [6, 6.07) is 21.3. The van der Waals surface area contributed by atoms with Crippen LogP contribution in [-0.4, -0.2) is 18.5 Å². The van der Waals surface area contributed by atoms with Gasteiger partial charge in [0, 0.05) is 5.69 Å². The minimum atomic E-state index is -0.389. The molecule has 1 amide bonds. The highest BCUT2D eigenvalue weighted by Gasteiger charge is 2.29. The van der Waals surface area contributed by atoms with Crippen molar-refractivity contribution in [2.45, 2.75) is 6.92 Å². The molecule has 0 saturated carbocycles. The molecule has 0 aromatic heterocycles. The van der Waals surface area contributed by atoms with Gasteiger partial charge in [-0.15, -0.1) is 0 Å². The van der Waals surface area contributed by atoms with Gasteiger partial charge in [0.1, 0.15) is 5.75 Å². The lowest BCUT2D eigenvalue weighted by Crippen LogP contribution is -2.25. The van der Waals surface area contributed by atoms with Crippen LogP contribution in [-0.2, 0) is 4.74 Å². The van der Waals surface area contributed by atoms with Gasteiger partial charge in [0.15, 0.2) is 5.75 Å². The summed E-state index contributed by atoms with van der Waals surface area (Å²) in [6.07, 6.45) is 0. The first-order chi connectivity index (χ1) is 13.2. The SMILES string of the molecule is CCOC(=O)c1ccc(N2C(=O)c3ccccc3Oc3ccccc32)cc1. The Morgan fingerprint density at radius 1 is 0.926 bits per heavy atom. The van der Waals surface area contributed by atoms with E-state index in [1.54, 1.807) is 54.3 Å². The number of nitrogens with zero attached hydrogens (tertiary/aromatic N) is 1. The number of ether oxygens (including phenoxy) is 2. The van der Waals surface area contributed by atoms with Crippen LogP contribution in [0, 0.1) is 0 Å². The summed E-state index contributed by atoms with van der Waals surface area (Å²) in [7, 11) is 0. The quantitative estimate of drug-likeness (QED) is 0.621. The zero-order chi connectivity index (χ0) is 18.8. The molecule has 1 heterocycles. The van der Waals surface area contributed by atoms with Crippen molar-refractivity contribution >= 4 is 23.3 Å². The van der Waals surface area contributed by atoms with Crippen LogP contribution in [0.5, 0.6) is 11.5 Å². The van der Waals surface area contributed by atoms with Gasteiger partial charge in [-0.25, -0.2) is 4.79 Å². The van der Waals surface area contributed by atoms with Gasteiger partial charge in [0.25, 0.3) is 5.91 Å². The van der Waals surface area contributed by atoms with Crippen molar-refractivity contribution in [2.75, 3.05) is 11.5 Å². The Hall–Kier alpha value is -3.60. The Morgan fingerprint density at radius 2 is 1.59 bits per heavy atom. The second-order valence-corrected chi connectivity index (χ2v) is 5.97. The fraction of sp³-hybridized carbons (Fsp3) is 0.0909. The zero-order valence-corrected chi connectivity index (χ0v) is 14.7. The van der Waals surface area contributed by atoms with E-state index in [0.29, 0.717) is 40.6 Å². The van der Waals surface area contributed by atoms with Crippen molar-refractivity contribution in [3.05, 3.63) is 83.9 Å². The van der Waals surface area contributed by atoms with Crippen molar-refractivity contribution in [1.29, 1.82) is 0 Å². The highest BCUT2D eigenvalue weighted by Crippen LogP contribution is 2.42. The van der Waals surface area contributed by atoms with Gasteiger partial charge >= 0.3 is 5.97 Å². The van der Waals surface area contributed by atoms with Gasteiger partial charge in [-0.2, -0.15) is 0 Å². The Morgan fingerprint density at radius 3 is 2.33 bits per heavy atom. The smallest absolute Gasteiger partial charge is 0.338 e. The molecule has 0 radical (unpaired) electrons. The van der Waals surface area contributed by atoms with Crippen LogP contribution >= 0.6 is 0 Å². The summed E-state index contributed by atoms with van der Waals surface area (Å²) in [5, 5.41) is 0. The van der Waals surface area contributed by atoms with E-state index in [-0.39, 0.29) is 11.9 Å². The monoisotopic (exact) mass is 359 g/mol. The number of hydrogen-bond acceptors (Lipinski definition) is 4. The highest BCUT2D eigenvalue weighted by molar-refractivity contribution is 6.14. The maximum absolute atomic E-state index is 13.3. The maximum Gasteiger partial charge on any atom is 0.338 e. The molecule has 3 aromatic rings. The van der Waals surface area contributed by atoms with E-state index in [1.165, 1.54) is 0 Å². The number of fused-ring (bicyclic) bond motifs is 2. The minimum absolute atomic E-state index is 0.195. The van der Waals surface area contributed by atoms with Crippen molar-refractivity contribution in [1.82, 2.24) is 0 Å². The van der Waals surface area contributed by atoms with E-state index in [4.69, 9.17) is 9.47 Å². The second-order valence-electron chi connectivity index (χ2n) is 5.97. The number of carbonyl (C=O) groups is 2. The molecule has 1 aliphatic heterocycles. The molecular formula is C22H17NO4. The van der Waals surface area contributed by atoms with Crippen LogP contribution < -0.4 is 9.64 Å². The molecule has 4 rings (SSSR count). The number of amides is 1. The topological polar surface area (TPSA) is 55.8 Å². The summed E-state index contributed by atoms with van der Waals surface area (Å²) < 4.78 is 11.0. The molecule has 1 aliphatic rings. The second kappa shape index (κ2) is 6.96. The van der Waals surface area contributed by atoms with E-state index >= 15 is 0 Å². The van der Waals surface area contributed by atoms with Gasteiger partial charge < -0.3 is 9.47 Å². The lowest BCUT2D eigenvalue weighted by Gasteiger charge is -2.22. The average molecular weight is 359 g/mol. The Bertz CT molecular complexity index is 1010. The maximum atomic E-state index is 13.3. The zero-order valence-electron chi connectivity index (χ0n) is 14.7. The number of esters is 1. The van der Waals surface area contributed by atoms with E-state index in [9.17, 15) is 9.59 Å². The van der Waals surface area contributed by atoms with Gasteiger partial charge in [-0.3, -0.25) is 9.69 Å². The van der Waals surface area contributed by atoms with E-state index in [2.05, 4.69) is 0 Å². The van der Waals surface area contributed by atoms with E-state index in [1.807, 2.05) is 30.3 Å². The molecule has 0 N–H and O–H groups in total. The molecule has 0 unspecified atom stereocenters. The third kappa shape index (κ3) is 3.04. The number of rotatable bonds is 3. The fourth-order valence-electron chi connectivity index (χ4n) is 3.03. The Balaban J connectivity index is 1.81. The van der Waals surface area contributed by atoms with Gasteiger partial charge in [-0.1, -0.05) is 24.3 Å². The van der Waals surface area contributed by atoms with Crippen LogP contribution in [0.1, 0.15) is 27.6 Å². The lowest BCUT2D eigenvalue weighted by atomic mass is 10.1. The summed E-state index contributed by atoms with van der Waals surface area (Å²) in [4.78, 5) is 26.8. The summed E-state index contributed by atoms with van der Waals surface area (Å²) in [5.41, 5.74) is 2.19. The number of carbonyl (C=O) groups excluding carboxylic acids is 2. The minimum Gasteiger partial charge on any atom is -0.462 e. The van der Waals surface area contributed by atoms with Crippen molar-refractivity contribution < 1.29 is 19.1 Å². The number of anilines is 2. The van der Waals surface area contributed by atoms with Crippen molar-refractivity contribution in [3.63, 3.8) is 0 Å². The third-order valence-corrected chi connectivity index (χ3v) is 4.28. The molecule has 134 valence electrons. The molecule has 0 aliphatic carbocycles.